The number of piperidine rings is 2. The molecule has 0 saturated carbocycles. The zero-order valence-corrected chi connectivity index (χ0v) is 15.6. The van der Waals surface area contributed by atoms with Crippen molar-refractivity contribution in [2.24, 2.45) is 5.41 Å². The highest BCUT2D eigenvalue weighted by molar-refractivity contribution is 6.05. The molecule has 8 heteroatoms. The number of imide groups is 1. The van der Waals surface area contributed by atoms with Gasteiger partial charge in [0.1, 0.15) is 11.9 Å². The number of halogens is 1. The van der Waals surface area contributed by atoms with Gasteiger partial charge in [0, 0.05) is 37.0 Å². The quantitative estimate of drug-likeness (QED) is 0.734. The lowest BCUT2D eigenvalue weighted by Gasteiger charge is -2.53. The van der Waals surface area contributed by atoms with E-state index in [1.165, 1.54) is 11.0 Å². The third-order valence-corrected chi connectivity index (χ3v) is 6.65. The fourth-order valence-corrected chi connectivity index (χ4v) is 5.03. The lowest BCUT2D eigenvalue weighted by Crippen LogP contribution is -2.60. The lowest BCUT2D eigenvalue weighted by molar-refractivity contribution is -0.136. The minimum atomic E-state index is -0.675. The van der Waals surface area contributed by atoms with E-state index in [1.807, 2.05) is 0 Å². The summed E-state index contributed by atoms with van der Waals surface area (Å²) in [5.41, 5.74) is 1.90. The molecule has 0 aromatic heterocycles. The van der Waals surface area contributed by atoms with Gasteiger partial charge in [-0.3, -0.25) is 19.7 Å². The number of benzene rings is 1. The summed E-state index contributed by atoms with van der Waals surface area (Å²) in [6, 6.07) is 2.40. The Hall–Kier alpha value is -2.48. The maximum atomic E-state index is 14.8. The molecule has 1 aromatic rings. The second kappa shape index (κ2) is 6.27. The van der Waals surface area contributed by atoms with Gasteiger partial charge in [0.2, 0.25) is 11.8 Å². The van der Waals surface area contributed by atoms with E-state index in [0.29, 0.717) is 17.7 Å². The van der Waals surface area contributed by atoms with Crippen LogP contribution in [0.25, 0.3) is 0 Å². The Balaban J connectivity index is 1.35. The van der Waals surface area contributed by atoms with Gasteiger partial charge in [-0.15, -0.1) is 0 Å². The van der Waals surface area contributed by atoms with Crippen molar-refractivity contribution < 1.29 is 18.8 Å². The maximum Gasteiger partial charge on any atom is 0.255 e. The van der Waals surface area contributed by atoms with E-state index in [4.69, 9.17) is 0 Å². The first-order chi connectivity index (χ1) is 13.5. The van der Waals surface area contributed by atoms with Crippen LogP contribution in [-0.4, -0.2) is 54.8 Å². The van der Waals surface area contributed by atoms with E-state index in [1.54, 1.807) is 6.07 Å². The molecule has 28 heavy (non-hydrogen) atoms. The number of carbonyl (C=O) groups is 3. The van der Waals surface area contributed by atoms with Crippen LogP contribution in [0.1, 0.15) is 41.6 Å². The molecule has 3 saturated heterocycles. The highest BCUT2D eigenvalue weighted by atomic mass is 19.1. The third-order valence-electron chi connectivity index (χ3n) is 6.65. The van der Waals surface area contributed by atoms with E-state index >= 15 is 0 Å². The topological polar surface area (TPSA) is 81.8 Å². The summed E-state index contributed by atoms with van der Waals surface area (Å²) in [7, 11) is 0. The molecule has 1 spiro atoms. The molecule has 1 unspecified atom stereocenters. The Morgan fingerprint density at radius 2 is 1.86 bits per heavy atom. The van der Waals surface area contributed by atoms with Gasteiger partial charge in [-0.1, -0.05) is 0 Å². The minimum absolute atomic E-state index is 0.209. The van der Waals surface area contributed by atoms with Crippen LogP contribution in [0.4, 0.5) is 10.1 Å². The van der Waals surface area contributed by atoms with Gasteiger partial charge < -0.3 is 15.1 Å². The first-order valence-electron chi connectivity index (χ1n) is 9.89. The summed E-state index contributed by atoms with van der Waals surface area (Å²) < 4.78 is 14.8. The summed E-state index contributed by atoms with van der Waals surface area (Å²) in [5, 5.41) is 5.65. The number of hydrogen-bond acceptors (Lipinski definition) is 5. The van der Waals surface area contributed by atoms with E-state index < -0.39 is 11.9 Å². The normalized spacial score (nSPS) is 26.3. The highest BCUT2D eigenvalue weighted by Crippen LogP contribution is 2.43. The third kappa shape index (κ3) is 2.70. The van der Waals surface area contributed by atoms with E-state index in [9.17, 15) is 18.8 Å². The van der Waals surface area contributed by atoms with Crippen molar-refractivity contribution in [2.75, 3.05) is 31.1 Å². The fourth-order valence-electron chi connectivity index (χ4n) is 5.03. The zero-order valence-electron chi connectivity index (χ0n) is 15.6. The van der Waals surface area contributed by atoms with Gasteiger partial charge in [-0.2, -0.15) is 0 Å². The molecule has 7 nitrogen and oxygen atoms in total. The van der Waals surface area contributed by atoms with Crippen LogP contribution < -0.4 is 15.5 Å². The van der Waals surface area contributed by atoms with Crippen LogP contribution in [0.15, 0.2) is 12.1 Å². The van der Waals surface area contributed by atoms with Crippen molar-refractivity contribution >= 4 is 23.4 Å². The van der Waals surface area contributed by atoms with Crippen molar-refractivity contribution in [1.82, 2.24) is 15.5 Å². The molecule has 4 heterocycles. The number of carbonyl (C=O) groups excluding carboxylic acids is 3. The average Bonchev–Trinajstić information content (AvgIpc) is 2.96. The van der Waals surface area contributed by atoms with Gasteiger partial charge in [0.05, 0.1) is 5.69 Å². The Bertz CT molecular complexity index is 872. The second-order valence-corrected chi connectivity index (χ2v) is 8.47. The summed E-state index contributed by atoms with van der Waals surface area (Å²) in [4.78, 5) is 39.8. The van der Waals surface area contributed by atoms with E-state index in [0.717, 1.165) is 44.6 Å². The molecule has 0 aliphatic carbocycles. The summed E-state index contributed by atoms with van der Waals surface area (Å²) in [6.45, 7) is 3.98. The molecule has 4 aliphatic rings. The Kier molecular flexibility index (Phi) is 3.94. The number of hydrogen-bond donors (Lipinski definition) is 2. The van der Waals surface area contributed by atoms with E-state index in [2.05, 4.69) is 15.5 Å². The molecule has 5 rings (SSSR count). The van der Waals surface area contributed by atoms with Crippen LogP contribution in [0.2, 0.25) is 0 Å². The predicted molar refractivity (Wildman–Crippen MR) is 99.2 cm³/mol. The molecule has 148 valence electrons. The van der Waals surface area contributed by atoms with E-state index in [-0.39, 0.29) is 36.0 Å². The standard InChI is InChI=1S/C20H23FN4O3/c21-14-8-13-12(7-16(14)24-10-20(11-24)3-5-22-6-4-20)9-25(19(13)28)15-1-2-17(26)23-18(15)27/h7-8,15,22H,1-6,9-11H2,(H,23,26,27). The van der Waals surface area contributed by atoms with Crippen molar-refractivity contribution in [3.8, 4) is 0 Å². The summed E-state index contributed by atoms with van der Waals surface area (Å²) in [5.74, 6) is -1.49. The van der Waals surface area contributed by atoms with Crippen LogP contribution >= 0.6 is 0 Å². The Labute approximate surface area is 162 Å². The Morgan fingerprint density at radius 1 is 1.11 bits per heavy atom. The van der Waals surface area contributed by atoms with Crippen molar-refractivity contribution in [2.45, 2.75) is 38.3 Å². The molecular weight excluding hydrogens is 363 g/mol. The fraction of sp³-hybridized carbons (Fsp3) is 0.550. The van der Waals surface area contributed by atoms with Crippen molar-refractivity contribution in [3.05, 3.63) is 29.1 Å². The monoisotopic (exact) mass is 386 g/mol. The van der Waals surface area contributed by atoms with Gasteiger partial charge in [-0.05, 0) is 50.0 Å². The van der Waals surface area contributed by atoms with Crippen molar-refractivity contribution in [1.29, 1.82) is 0 Å². The molecular formula is C20H23FN4O3. The molecule has 1 atom stereocenters. The number of amides is 3. The predicted octanol–water partition coefficient (Wildman–Crippen LogP) is 0.776. The van der Waals surface area contributed by atoms with Gasteiger partial charge in [0.15, 0.2) is 0 Å². The van der Waals surface area contributed by atoms with Gasteiger partial charge >= 0.3 is 0 Å². The number of anilines is 1. The first kappa shape index (κ1) is 17.6. The second-order valence-electron chi connectivity index (χ2n) is 8.47. The molecule has 4 aliphatic heterocycles. The zero-order chi connectivity index (χ0) is 19.5. The molecule has 0 radical (unpaired) electrons. The van der Waals surface area contributed by atoms with Crippen LogP contribution in [-0.2, 0) is 16.1 Å². The van der Waals surface area contributed by atoms with Crippen LogP contribution in [0.5, 0.6) is 0 Å². The molecule has 1 aromatic carbocycles. The van der Waals surface area contributed by atoms with Crippen molar-refractivity contribution in [3.63, 3.8) is 0 Å². The smallest absolute Gasteiger partial charge is 0.255 e. The Morgan fingerprint density at radius 3 is 2.57 bits per heavy atom. The molecule has 0 bridgehead atoms. The molecule has 2 N–H and O–H groups in total. The average molecular weight is 386 g/mol. The molecule has 3 amide bonds. The lowest BCUT2D eigenvalue weighted by atomic mass is 9.72. The SMILES string of the molecule is O=C1CCC(N2Cc3cc(N4CC5(CCNCC5)C4)c(F)cc3C2=O)C(=O)N1. The number of fused-ring (bicyclic) bond motifs is 1. The van der Waals surface area contributed by atoms with Crippen LogP contribution in [0, 0.1) is 11.2 Å². The number of rotatable bonds is 2. The van der Waals surface area contributed by atoms with Gasteiger partial charge in [-0.25, -0.2) is 4.39 Å². The largest absolute Gasteiger partial charge is 0.368 e. The maximum absolute atomic E-state index is 14.8. The first-order valence-corrected chi connectivity index (χ1v) is 9.89. The van der Waals surface area contributed by atoms with Crippen LogP contribution in [0.3, 0.4) is 0 Å². The highest BCUT2D eigenvalue weighted by Gasteiger charge is 2.45. The van der Waals surface area contributed by atoms with Gasteiger partial charge in [0.25, 0.3) is 5.91 Å². The number of nitrogens with one attached hydrogen (secondary N) is 2. The number of nitrogens with zero attached hydrogens (tertiary/aromatic N) is 2. The summed E-state index contributed by atoms with van der Waals surface area (Å²) >= 11 is 0. The minimum Gasteiger partial charge on any atom is -0.368 e. The molecule has 3 fully saturated rings. The summed E-state index contributed by atoms with van der Waals surface area (Å²) in [6.07, 6.45) is 2.74.